The third-order valence-corrected chi connectivity index (χ3v) is 4.48. The highest BCUT2D eigenvalue weighted by atomic mass is 19.4. The monoisotopic (exact) mass is 353 g/mol. The molecule has 1 aromatic carbocycles. The number of hydrogen-bond donors (Lipinski definition) is 2. The number of amides is 1. The lowest BCUT2D eigenvalue weighted by Gasteiger charge is -2.27. The normalized spacial score (nSPS) is 20.9. The molecule has 1 aromatic heterocycles. The number of nitrogens with one attached hydrogen (secondary N) is 1. The molecule has 134 valence electrons. The van der Waals surface area contributed by atoms with Crippen LogP contribution in [0.1, 0.15) is 35.0 Å². The van der Waals surface area contributed by atoms with Gasteiger partial charge in [-0.05, 0) is 25.0 Å². The van der Waals surface area contributed by atoms with Gasteiger partial charge in [-0.15, -0.1) is 0 Å². The summed E-state index contributed by atoms with van der Waals surface area (Å²) in [5.41, 5.74) is 0.524. The maximum absolute atomic E-state index is 13.3. The van der Waals surface area contributed by atoms with Crippen molar-refractivity contribution in [3.05, 3.63) is 53.1 Å². The number of likely N-dealkylation sites (tertiary alicyclic amines) is 1. The van der Waals surface area contributed by atoms with E-state index in [1.807, 2.05) is 0 Å². The number of aryl methyl sites for hydroxylation is 1. The number of nitrogens with zero attached hydrogens (tertiary/aromatic N) is 2. The van der Waals surface area contributed by atoms with Crippen molar-refractivity contribution in [3.63, 3.8) is 0 Å². The average Bonchev–Trinajstić information content (AvgIpc) is 3.13. The summed E-state index contributed by atoms with van der Waals surface area (Å²) in [6, 6.07) is 4.39. The number of aliphatic hydroxyl groups excluding tert-OH is 1. The van der Waals surface area contributed by atoms with E-state index in [0.717, 1.165) is 11.8 Å². The molecular formula is C17H18F3N3O2. The van der Waals surface area contributed by atoms with Gasteiger partial charge in [0.2, 0.25) is 5.91 Å². The van der Waals surface area contributed by atoms with Crippen LogP contribution in [0.15, 0.2) is 30.6 Å². The van der Waals surface area contributed by atoms with Gasteiger partial charge in [-0.2, -0.15) is 13.2 Å². The number of rotatable bonds is 3. The molecular weight excluding hydrogens is 335 g/mol. The first-order valence-corrected chi connectivity index (χ1v) is 7.90. The summed E-state index contributed by atoms with van der Waals surface area (Å²) in [6.07, 6.45) is -3.84. The Hall–Kier alpha value is -2.35. The molecule has 2 aromatic rings. The fourth-order valence-corrected chi connectivity index (χ4v) is 3.24. The summed E-state index contributed by atoms with van der Waals surface area (Å²) in [4.78, 5) is 20.9. The second-order valence-corrected chi connectivity index (χ2v) is 6.19. The number of aromatic nitrogens is 2. The molecule has 0 unspecified atom stereocenters. The van der Waals surface area contributed by atoms with Crippen molar-refractivity contribution < 1.29 is 23.1 Å². The Morgan fingerprint density at radius 1 is 1.40 bits per heavy atom. The van der Waals surface area contributed by atoms with E-state index >= 15 is 0 Å². The Kier molecular flexibility index (Phi) is 4.55. The molecule has 2 atom stereocenters. The lowest BCUT2D eigenvalue weighted by molar-refractivity contribution is -0.140. The van der Waals surface area contributed by atoms with E-state index in [4.69, 9.17) is 0 Å². The van der Waals surface area contributed by atoms with Crippen molar-refractivity contribution in [3.8, 4) is 0 Å². The van der Waals surface area contributed by atoms with Gasteiger partial charge < -0.3 is 15.0 Å². The molecule has 3 rings (SSSR count). The minimum atomic E-state index is -4.52. The Morgan fingerprint density at radius 2 is 2.12 bits per heavy atom. The zero-order valence-corrected chi connectivity index (χ0v) is 13.5. The smallest absolute Gasteiger partial charge is 0.391 e. The van der Waals surface area contributed by atoms with Gasteiger partial charge in [-0.1, -0.05) is 18.2 Å². The van der Waals surface area contributed by atoms with Gasteiger partial charge in [0, 0.05) is 12.2 Å². The molecule has 0 aliphatic carbocycles. The summed E-state index contributed by atoms with van der Waals surface area (Å²) in [6.45, 7) is 1.78. The molecule has 0 bridgehead atoms. The number of carbonyl (C=O) groups is 1. The molecule has 2 N–H and O–H groups in total. The molecule has 5 nitrogen and oxygen atoms in total. The highest BCUT2D eigenvalue weighted by molar-refractivity contribution is 5.79. The Balaban J connectivity index is 1.90. The van der Waals surface area contributed by atoms with Crippen molar-refractivity contribution in [1.82, 2.24) is 14.9 Å². The standard InChI is InChI=1S/C17H18F3N3O2/c1-10-14(22-9-21-10)7-16(25)23-8-11(24)6-15(23)12-4-2-3-5-13(12)17(18,19)20/h2-5,9,11,15,24H,6-8H2,1H3,(H,21,22)/t11-,15+/m1/s1. The van der Waals surface area contributed by atoms with Crippen molar-refractivity contribution in [2.75, 3.05) is 6.54 Å². The fourth-order valence-electron chi connectivity index (χ4n) is 3.24. The average molecular weight is 353 g/mol. The van der Waals surface area contributed by atoms with Crippen LogP contribution in [0.25, 0.3) is 0 Å². The summed E-state index contributed by atoms with van der Waals surface area (Å²) >= 11 is 0. The van der Waals surface area contributed by atoms with E-state index < -0.39 is 23.9 Å². The summed E-state index contributed by atoms with van der Waals surface area (Å²) in [7, 11) is 0. The number of aliphatic hydroxyl groups is 1. The third kappa shape index (κ3) is 3.53. The Morgan fingerprint density at radius 3 is 2.76 bits per heavy atom. The fraction of sp³-hybridized carbons (Fsp3) is 0.412. The Bertz CT molecular complexity index is 772. The van der Waals surface area contributed by atoms with Gasteiger partial charge in [-0.3, -0.25) is 4.79 Å². The van der Waals surface area contributed by atoms with E-state index in [2.05, 4.69) is 9.97 Å². The SMILES string of the molecule is Cc1[nH]cnc1CC(=O)N1C[C@H](O)C[C@H]1c1ccccc1C(F)(F)F. The molecule has 0 saturated carbocycles. The molecule has 25 heavy (non-hydrogen) atoms. The van der Waals surface area contributed by atoms with Gasteiger partial charge in [0.1, 0.15) is 0 Å². The molecule has 1 aliphatic heterocycles. The number of aromatic amines is 1. The lowest BCUT2D eigenvalue weighted by Crippen LogP contribution is -2.34. The molecule has 1 saturated heterocycles. The number of H-pyrrole nitrogens is 1. The van der Waals surface area contributed by atoms with Crippen LogP contribution in [-0.4, -0.2) is 38.5 Å². The van der Waals surface area contributed by atoms with E-state index in [-0.39, 0.29) is 30.9 Å². The molecule has 1 fully saturated rings. The maximum atomic E-state index is 13.3. The third-order valence-electron chi connectivity index (χ3n) is 4.48. The maximum Gasteiger partial charge on any atom is 0.416 e. The van der Waals surface area contributed by atoms with Gasteiger partial charge in [0.25, 0.3) is 0 Å². The number of hydrogen-bond acceptors (Lipinski definition) is 3. The molecule has 2 heterocycles. The van der Waals surface area contributed by atoms with Crippen LogP contribution < -0.4 is 0 Å². The van der Waals surface area contributed by atoms with Crippen LogP contribution in [0.5, 0.6) is 0 Å². The number of alkyl halides is 3. The van der Waals surface area contributed by atoms with E-state index in [9.17, 15) is 23.1 Å². The van der Waals surface area contributed by atoms with Gasteiger partial charge >= 0.3 is 6.18 Å². The van der Waals surface area contributed by atoms with Crippen molar-refractivity contribution in [2.45, 2.75) is 38.1 Å². The molecule has 8 heteroatoms. The highest BCUT2D eigenvalue weighted by Crippen LogP contribution is 2.40. The largest absolute Gasteiger partial charge is 0.416 e. The molecule has 1 amide bonds. The van der Waals surface area contributed by atoms with Crippen LogP contribution in [0, 0.1) is 6.92 Å². The second kappa shape index (κ2) is 6.51. The number of β-amino-alcohol motifs (C(OH)–C–C–N with tert-alkyl or cyclic N) is 1. The molecule has 1 aliphatic rings. The minimum Gasteiger partial charge on any atom is -0.391 e. The quantitative estimate of drug-likeness (QED) is 0.891. The number of benzene rings is 1. The van der Waals surface area contributed by atoms with Crippen LogP contribution in [0.2, 0.25) is 0 Å². The summed E-state index contributed by atoms with van der Waals surface area (Å²) < 4.78 is 39.9. The number of imidazole rings is 1. The topological polar surface area (TPSA) is 69.2 Å². The predicted molar refractivity (Wildman–Crippen MR) is 83.6 cm³/mol. The van der Waals surface area contributed by atoms with Gasteiger partial charge in [0.05, 0.1) is 36.2 Å². The Labute approximate surface area is 142 Å². The van der Waals surface area contributed by atoms with E-state index in [1.54, 1.807) is 6.92 Å². The molecule has 0 spiro atoms. The summed E-state index contributed by atoms with van der Waals surface area (Å²) in [5, 5.41) is 9.96. The predicted octanol–water partition coefficient (Wildman–Crippen LogP) is 2.61. The first-order chi connectivity index (χ1) is 11.8. The van der Waals surface area contributed by atoms with E-state index in [1.165, 1.54) is 29.4 Å². The zero-order valence-electron chi connectivity index (χ0n) is 13.5. The van der Waals surface area contributed by atoms with Crippen LogP contribution in [0.4, 0.5) is 13.2 Å². The van der Waals surface area contributed by atoms with Crippen molar-refractivity contribution >= 4 is 5.91 Å². The van der Waals surface area contributed by atoms with Crippen molar-refractivity contribution in [1.29, 1.82) is 0 Å². The van der Waals surface area contributed by atoms with Crippen molar-refractivity contribution in [2.24, 2.45) is 0 Å². The zero-order chi connectivity index (χ0) is 18.2. The summed E-state index contributed by atoms with van der Waals surface area (Å²) in [5.74, 6) is -0.353. The van der Waals surface area contributed by atoms with Crippen LogP contribution >= 0.6 is 0 Å². The number of carbonyl (C=O) groups excluding carboxylic acids is 1. The van der Waals surface area contributed by atoms with Crippen LogP contribution in [0.3, 0.4) is 0 Å². The highest BCUT2D eigenvalue weighted by Gasteiger charge is 2.41. The van der Waals surface area contributed by atoms with Gasteiger partial charge in [-0.25, -0.2) is 4.98 Å². The first kappa shape index (κ1) is 17.5. The first-order valence-electron chi connectivity index (χ1n) is 7.90. The lowest BCUT2D eigenvalue weighted by atomic mass is 9.97. The van der Waals surface area contributed by atoms with E-state index in [0.29, 0.717) is 5.69 Å². The van der Waals surface area contributed by atoms with Crippen LogP contribution in [-0.2, 0) is 17.4 Å². The van der Waals surface area contributed by atoms with Gasteiger partial charge in [0.15, 0.2) is 0 Å². The minimum absolute atomic E-state index is 0.0126. The molecule has 0 radical (unpaired) electrons. The number of halogens is 3. The second-order valence-electron chi connectivity index (χ2n) is 6.19.